The molecule has 0 aromatic heterocycles. The number of likely N-dealkylation sites (tertiary alicyclic amines) is 1. The van der Waals surface area contributed by atoms with E-state index in [4.69, 9.17) is 16.3 Å². The van der Waals surface area contributed by atoms with E-state index in [1.807, 2.05) is 24.3 Å². The summed E-state index contributed by atoms with van der Waals surface area (Å²) in [6.45, 7) is 1.41. The maximum Gasteiger partial charge on any atom is 0.317 e. The lowest BCUT2D eigenvalue weighted by Crippen LogP contribution is -2.46. The van der Waals surface area contributed by atoms with E-state index in [0.29, 0.717) is 31.1 Å². The Morgan fingerprint density at radius 3 is 2.73 bits per heavy atom. The van der Waals surface area contributed by atoms with Gasteiger partial charge in [-0.1, -0.05) is 30.2 Å². The van der Waals surface area contributed by atoms with Crippen LogP contribution in [0, 0.1) is 11.3 Å². The number of carboxylic acid groups (broad SMARTS) is 1. The Balaban J connectivity index is 1.43. The Kier molecular flexibility index (Phi) is 4.57. The number of carbonyl (C=O) groups is 2. The molecular formula is C19H23ClN2O4. The van der Waals surface area contributed by atoms with Gasteiger partial charge in [-0.3, -0.25) is 4.79 Å². The summed E-state index contributed by atoms with van der Waals surface area (Å²) in [6.07, 6.45) is 3.01. The van der Waals surface area contributed by atoms with E-state index in [9.17, 15) is 14.7 Å². The number of nitrogens with zero attached hydrogens (tertiary/aromatic N) is 1. The number of hydrogen-bond acceptors (Lipinski definition) is 3. The third-order valence-electron chi connectivity index (χ3n) is 6.18. The van der Waals surface area contributed by atoms with Crippen LogP contribution < -0.4 is 5.32 Å². The number of carboxylic acids is 1. The van der Waals surface area contributed by atoms with E-state index in [1.165, 1.54) is 0 Å². The molecule has 3 aliphatic rings. The van der Waals surface area contributed by atoms with Gasteiger partial charge in [-0.25, -0.2) is 4.79 Å². The second-order valence-electron chi connectivity index (χ2n) is 7.62. The van der Waals surface area contributed by atoms with Gasteiger partial charge in [-0.2, -0.15) is 0 Å². The fourth-order valence-electron chi connectivity index (χ4n) is 4.76. The normalized spacial score (nSPS) is 33.3. The lowest BCUT2D eigenvalue weighted by Gasteiger charge is -2.26. The van der Waals surface area contributed by atoms with Crippen molar-refractivity contribution in [1.29, 1.82) is 0 Å². The van der Waals surface area contributed by atoms with Crippen LogP contribution in [0.2, 0.25) is 5.02 Å². The minimum Gasteiger partial charge on any atom is -0.481 e. The predicted octanol–water partition coefficient (Wildman–Crippen LogP) is 3.07. The van der Waals surface area contributed by atoms with Crippen LogP contribution in [0.5, 0.6) is 0 Å². The first kappa shape index (κ1) is 17.6. The van der Waals surface area contributed by atoms with Crippen LogP contribution >= 0.6 is 11.6 Å². The molecule has 3 fully saturated rings. The Morgan fingerprint density at radius 1 is 1.27 bits per heavy atom. The maximum absolute atomic E-state index is 12.8. The van der Waals surface area contributed by atoms with Gasteiger partial charge in [-0.15, -0.1) is 0 Å². The van der Waals surface area contributed by atoms with Crippen molar-refractivity contribution in [3.63, 3.8) is 0 Å². The molecule has 1 aromatic carbocycles. The molecule has 0 spiro atoms. The molecule has 2 N–H and O–H groups in total. The SMILES string of the molecule is O=C(NC1CCOC1c1ccc(Cl)cc1)N1C[C@@H]2CCC[C@@]2(C(=O)O)C1. The molecule has 1 aliphatic carbocycles. The molecular weight excluding hydrogens is 356 g/mol. The number of aliphatic carboxylic acids is 1. The molecule has 26 heavy (non-hydrogen) atoms. The zero-order valence-electron chi connectivity index (χ0n) is 14.5. The summed E-state index contributed by atoms with van der Waals surface area (Å²) in [7, 11) is 0. The summed E-state index contributed by atoms with van der Waals surface area (Å²) in [5.41, 5.74) is 0.233. The Labute approximate surface area is 157 Å². The van der Waals surface area contributed by atoms with Gasteiger partial charge in [0.05, 0.1) is 11.5 Å². The van der Waals surface area contributed by atoms with Gasteiger partial charge in [0.2, 0.25) is 0 Å². The van der Waals surface area contributed by atoms with Gasteiger partial charge in [-0.05, 0) is 42.9 Å². The molecule has 2 aliphatic heterocycles. The zero-order valence-corrected chi connectivity index (χ0v) is 15.2. The summed E-state index contributed by atoms with van der Waals surface area (Å²) in [5, 5.41) is 13.4. The minimum atomic E-state index is -0.765. The number of nitrogens with one attached hydrogen (secondary N) is 1. The fraction of sp³-hybridized carbons (Fsp3) is 0.579. The molecule has 140 valence electrons. The summed E-state index contributed by atoms with van der Waals surface area (Å²) in [4.78, 5) is 26.2. The van der Waals surface area contributed by atoms with Crippen molar-refractivity contribution in [3.05, 3.63) is 34.9 Å². The van der Waals surface area contributed by atoms with Crippen LogP contribution in [0.15, 0.2) is 24.3 Å². The van der Waals surface area contributed by atoms with Crippen molar-refractivity contribution in [3.8, 4) is 0 Å². The third kappa shape index (κ3) is 2.95. The lowest BCUT2D eigenvalue weighted by molar-refractivity contribution is -0.149. The van der Waals surface area contributed by atoms with E-state index < -0.39 is 11.4 Å². The summed E-state index contributed by atoms with van der Waals surface area (Å²) >= 11 is 5.95. The fourth-order valence-corrected chi connectivity index (χ4v) is 4.89. The van der Waals surface area contributed by atoms with Gasteiger partial charge >= 0.3 is 12.0 Å². The molecule has 2 saturated heterocycles. The van der Waals surface area contributed by atoms with Crippen LogP contribution in [-0.2, 0) is 9.53 Å². The Bertz CT molecular complexity index is 710. The standard InChI is InChI=1S/C19H23ClN2O4/c20-14-5-3-12(4-6-14)16-15(7-9-26-16)21-18(25)22-10-13-2-1-8-19(13,11-22)17(23)24/h3-6,13,15-16H,1-2,7-11H2,(H,21,25)(H,23,24)/t13-,15?,16?,19+/m0/s1. The van der Waals surface area contributed by atoms with Crippen LogP contribution in [0.1, 0.15) is 37.4 Å². The highest BCUT2D eigenvalue weighted by Crippen LogP contribution is 2.48. The molecule has 2 heterocycles. The van der Waals surface area contributed by atoms with Crippen molar-refractivity contribution in [1.82, 2.24) is 10.2 Å². The first-order valence-corrected chi connectivity index (χ1v) is 9.53. The number of hydrogen-bond donors (Lipinski definition) is 2. The number of carbonyl (C=O) groups excluding carboxylic acids is 1. The van der Waals surface area contributed by atoms with Crippen LogP contribution in [0.25, 0.3) is 0 Å². The zero-order chi connectivity index (χ0) is 18.3. The molecule has 0 bridgehead atoms. The quantitative estimate of drug-likeness (QED) is 0.847. The molecule has 2 unspecified atom stereocenters. The van der Waals surface area contributed by atoms with Crippen molar-refractivity contribution >= 4 is 23.6 Å². The van der Waals surface area contributed by atoms with Gasteiger partial charge < -0.3 is 20.1 Å². The maximum atomic E-state index is 12.8. The number of urea groups is 1. The topological polar surface area (TPSA) is 78.9 Å². The summed E-state index contributed by atoms with van der Waals surface area (Å²) in [5.74, 6) is -0.698. The number of fused-ring (bicyclic) bond motifs is 1. The molecule has 0 radical (unpaired) electrons. The van der Waals surface area contributed by atoms with Gasteiger partial charge in [0.15, 0.2) is 0 Å². The van der Waals surface area contributed by atoms with E-state index in [1.54, 1.807) is 4.90 Å². The highest BCUT2D eigenvalue weighted by molar-refractivity contribution is 6.30. The highest BCUT2D eigenvalue weighted by atomic mass is 35.5. The average molecular weight is 379 g/mol. The van der Waals surface area contributed by atoms with Gasteiger partial charge in [0.1, 0.15) is 6.10 Å². The number of halogens is 1. The molecule has 4 rings (SSSR count). The third-order valence-corrected chi connectivity index (χ3v) is 6.43. The first-order chi connectivity index (χ1) is 12.5. The van der Waals surface area contributed by atoms with Crippen molar-refractivity contribution in [2.24, 2.45) is 11.3 Å². The van der Waals surface area contributed by atoms with E-state index >= 15 is 0 Å². The second-order valence-corrected chi connectivity index (χ2v) is 8.06. The first-order valence-electron chi connectivity index (χ1n) is 9.15. The lowest BCUT2D eigenvalue weighted by atomic mass is 9.81. The van der Waals surface area contributed by atoms with E-state index in [-0.39, 0.29) is 24.1 Å². The van der Waals surface area contributed by atoms with Crippen LogP contribution in [0.3, 0.4) is 0 Å². The monoisotopic (exact) mass is 378 g/mol. The van der Waals surface area contributed by atoms with Crippen molar-refractivity contribution in [2.75, 3.05) is 19.7 Å². The number of benzene rings is 1. The number of amides is 2. The van der Waals surface area contributed by atoms with Crippen LogP contribution in [0.4, 0.5) is 4.79 Å². The smallest absolute Gasteiger partial charge is 0.317 e. The van der Waals surface area contributed by atoms with E-state index in [0.717, 1.165) is 24.8 Å². The molecule has 1 aromatic rings. The Hall–Kier alpha value is -1.79. The number of rotatable bonds is 3. The summed E-state index contributed by atoms with van der Waals surface area (Å²) < 4.78 is 5.82. The predicted molar refractivity (Wildman–Crippen MR) is 96.1 cm³/mol. The summed E-state index contributed by atoms with van der Waals surface area (Å²) in [6, 6.07) is 7.15. The van der Waals surface area contributed by atoms with Gasteiger partial charge in [0.25, 0.3) is 0 Å². The molecule has 2 amide bonds. The van der Waals surface area contributed by atoms with Gasteiger partial charge in [0, 0.05) is 24.7 Å². The highest BCUT2D eigenvalue weighted by Gasteiger charge is 2.56. The molecule has 7 heteroatoms. The number of ether oxygens (including phenoxy) is 1. The van der Waals surface area contributed by atoms with Crippen molar-refractivity contribution < 1.29 is 19.4 Å². The largest absolute Gasteiger partial charge is 0.481 e. The Morgan fingerprint density at radius 2 is 2.04 bits per heavy atom. The molecule has 6 nitrogen and oxygen atoms in total. The minimum absolute atomic E-state index is 0.0673. The van der Waals surface area contributed by atoms with Crippen molar-refractivity contribution in [2.45, 2.75) is 37.8 Å². The molecule has 1 saturated carbocycles. The molecule has 4 atom stereocenters. The average Bonchev–Trinajstić information content (AvgIpc) is 3.29. The second kappa shape index (κ2) is 6.74. The van der Waals surface area contributed by atoms with Crippen LogP contribution in [-0.4, -0.2) is 47.7 Å². The van der Waals surface area contributed by atoms with E-state index in [2.05, 4.69) is 5.32 Å².